The SMILES string of the molecule is CCN(CC)C(=O)C1CCCN(c2nccc(NCCN3CCOCC3)n2)C1. The summed E-state index contributed by atoms with van der Waals surface area (Å²) in [5.74, 6) is 1.86. The van der Waals surface area contributed by atoms with Gasteiger partial charge in [0.1, 0.15) is 5.82 Å². The number of nitrogens with one attached hydrogen (secondary N) is 1. The van der Waals surface area contributed by atoms with Crippen molar-refractivity contribution in [3.05, 3.63) is 12.3 Å². The summed E-state index contributed by atoms with van der Waals surface area (Å²) in [7, 11) is 0. The maximum absolute atomic E-state index is 12.7. The maximum Gasteiger partial charge on any atom is 0.227 e. The summed E-state index contributed by atoms with van der Waals surface area (Å²) in [6.07, 6.45) is 3.74. The van der Waals surface area contributed by atoms with E-state index in [1.165, 1.54) is 0 Å². The monoisotopic (exact) mass is 390 g/mol. The summed E-state index contributed by atoms with van der Waals surface area (Å²) >= 11 is 0. The molecule has 2 aliphatic heterocycles. The minimum atomic E-state index is 0.0372. The van der Waals surface area contributed by atoms with Crippen LogP contribution in [-0.4, -0.2) is 91.2 Å². The predicted molar refractivity (Wildman–Crippen MR) is 111 cm³/mol. The molecule has 2 aliphatic rings. The Hall–Kier alpha value is -1.93. The maximum atomic E-state index is 12.7. The first-order chi connectivity index (χ1) is 13.7. The molecule has 8 nitrogen and oxygen atoms in total. The van der Waals surface area contributed by atoms with Crippen LogP contribution >= 0.6 is 0 Å². The van der Waals surface area contributed by atoms with Gasteiger partial charge in [-0.25, -0.2) is 4.98 Å². The number of ether oxygens (including phenoxy) is 1. The number of piperidine rings is 1. The second-order valence-corrected chi connectivity index (χ2v) is 7.42. The van der Waals surface area contributed by atoms with Crippen molar-refractivity contribution in [1.82, 2.24) is 19.8 Å². The molecule has 1 amide bonds. The van der Waals surface area contributed by atoms with Crippen LogP contribution in [0.1, 0.15) is 26.7 Å². The molecule has 0 spiro atoms. The van der Waals surface area contributed by atoms with E-state index in [1.807, 2.05) is 24.8 Å². The molecular weight excluding hydrogens is 356 g/mol. The number of amides is 1. The first-order valence-corrected chi connectivity index (χ1v) is 10.6. The highest BCUT2D eigenvalue weighted by Crippen LogP contribution is 2.22. The van der Waals surface area contributed by atoms with Crippen molar-refractivity contribution in [3.63, 3.8) is 0 Å². The highest BCUT2D eigenvalue weighted by atomic mass is 16.5. The molecule has 0 aromatic carbocycles. The van der Waals surface area contributed by atoms with E-state index in [9.17, 15) is 4.79 Å². The van der Waals surface area contributed by atoms with Gasteiger partial charge in [-0.3, -0.25) is 9.69 Å². The molecule has 1 N–H and O–H groups in total. The standard InChI is InChI=1S/C20H34N6O2/c1-3-25(4-2)19(27)17-6-5-10-26(16-17)20-22-8-7-18(23-20)21-9-11-24-12-14-28-15-13-24/h7-8,17H,3-6,9-16H2,1-2H3,(H,21,22,23). The van der Waals surface area contributed by atoms with Crippen molar-refractivity contribution < 1.29 is 9.53 Å². The molecule has 3 rings (SSSR count). The number of carbonyl (C=O) groups is 1. The van der Waals surface area contributed by atoms with Crippen LogP contribution < -0.4 is 10.2 Å². The van der Waals surface area contributed by atoms with Crippen molar-refractivity contribution in [3.8, 4) is 0 Å². The van der Waals surface area contributed by atoms with Crippen LogP contribution in [-0.2, 0) is 9.53 Å². The Morgan fingerprint density at radius 2 is 2.07 bits per heavy atom. The number of rotatable bonds is 8. The molecule has 0 aliphatic carbocycles. The molecule has 0 radical (unpaired) electrons. The largest absolute Gasteiger partial charge is 0.379 e. The van der Waals surface area contributed by atoms with E-state index in [2.05, 4.69) is 20.1 Å². The highest BCUT2D eigenvalue weighted by Gasteiger charge is 2.29. The normalized spacial score (nSPS) is 20.8. The molecular formula is C20H34N6O2. The molecule has 2 saturated heterocycles. The molecule has 28 heavy (non-hydrogen) atoms. The van der Waals surface area contributed by atoms with Crippen LogP contribution in [0, 0.1) is 5.92 Å². The fourth-order valence-corrected chi connectivity index (χ4v) is 3.92. The summed E-state index contributed by atoms with van der Waals surface area (Å²) in [4.78, 5) is 28.4. The van der Waals surface area contributed by atoms with Gasteiger partial charge in [-0.15, -0.1) is 0 Å². The lowest BCUT2D eigenvalue weighted by atomic mass is 9.96. The Morgan fingerprint density at radius 1 is 1.29 bits per heavy atom. The van der Waals surface area contributed by atoms with E-state index in [0.717, 1.165) is 77.7 Å². The topological polar surface area (TPSA) is 73.8 Å². The lowest BCUT2D eigenvalue weighted by Gasteiger charge is -2.34. The summed E-state index contributed by atoms with van der Waals surface area (Å²) in [5, 5.41) is 3.41. The summed E-state index contributed by atoms with van der Waals surface area (Å²) in [6.45, 7) is 12.7. The van der Waals surface area contributed by atoms with Gasteiger partial charge in [0.2, 0.25) is 11.9 Å². The van der Waals surface area contributed by atoms with E-state index in [-0.39, 0.29) is 11.8 Å². The van der Waals surface area contributed by atoms with Crippen LogP contribution in [0.2, 0.25) is 0 Å². The Morgan fingerprint density at radius 3 is 2.82 bits per heavy atom. The van der Waals surface area contributed by atoms with Crippen LogP contribution in [0.4, 0.5) is 11.8 Å². The van der Waals surface area contributed by atoms with Gasteiger partial charge in [-0.05, 0) is 32.8 Å². The summed E-state index contributed by atoms with van der Waals surface area (Å²) in [5.41, 5.74) is 0. The average Bonchev–Trinajstić information content (AvgIpc) is 2.75. The van der Waals surface area contributed by atoms with Crippen molar-refractivity contribution in [1.29, 1.82) is 0 Å². The van der Waals surface area contributed by atoms with Crippen molar-refractivity contribution in [2.24, 2.45) is 5.92 Å². The third-order valence-corrected chi connectivity index (χ3v) is 5.61. The third-order valence-electron chi connectivity index (χ3n) is 5.61. The average molecular weight is 391 g/mol. The zero-order valence-corrected chi connectivity index (χ0v) is 17.3. The van der Waals surface area contributed by atoms with Crippen molar-refractivity contribution in [2.75, 3.05) is 75.8 Å². The van der Waals surface area contributed by atoms with Gasteiger partial charge in [0.25, 0.3) is 0 Å². The lowest BCUT2D eigenvalue weighted by molar-refractivity contribution is -0.135. The number of morpholine rings is 1. The second-order valence-electron chi connectivity index (χ2n) is 7.42. The molecule has 1 aromatic heterocycles. The highest BCUT2D eigenvalue weighted by molar-refractivity contribution is 5.79. The molecule has 0 bridgehead atoms. The van der Waals surface area contributed by atoms with Crippen LogP contribution in [0.5, 0.6) is 0 Å². The van der Waals surface area contributed by atoms with Gasteiger partial charge in [0.15, 0.2) is 0 Å². The van der Waals surface area contributed by atoms with Gasteiger partial charge >= 0.3 is 0 Å². The van der Waals surface area contributed by atoms with E-state index in [1.54, 1.807) is 6.20 Å². The lowest BCUT2D eigenvalue weighted by Crippen LogP contribution is -2.45. The molecule has 2 fully saturated rings. The molecule has 0 saturated carbocycles. The van der Waals surface area contributed by atoms with Crippen LogP contribution in [0.3, 0.4) is 0 Å². The van der Waals surface area contributed by atoms with Gasteiger partial charge in [-0.2, -0.15) is 4.98 Å². The zero-order chi connectivity index (χ0) is 19.8. The van der Waals surface area contributed by atoms with Crippen molar-refractivity contribution in [2.45, 2.75) is 26.7 Å². The summed E-state index contributed by atoms with van der Waals surface area (Å²) < 4.78 is 5.39. The Labute approximate surface area is 168 Å². The first kappa shape index (κ1) is 20.8. The number of hydrogen-bond donors (Lipinski definition) is 1. The molecule has 1 unspecified atom stereocenters. The number of hydrogen-bond acceptors (Lipinski definition) is 7. The van der Waals surface area contributed by atoms with Gasteiger partial charge < -0.3 is 19.9 Å². The number of aromatic nitrogens is 2. The molecule has 1 atom stereocenters. The van der Waals surface area contributed by atoms with Crippen LogP contribution in [0.15, 0.2) is 12.3 Å². The zero-order valence-electron chi connectivity index (χ0n) is 17.3. The number of carbonyl (C=O) groups excluding carboxylic acids is 1. The van der Waals surface area contributed by atoms with E-state index < -0.39 is 0 Å². The number of anilines is 2. The Kier molecular flexibility index (Phi) is 7.85. The smallest absolute Gasteiger partial charge is 0.227 e. The second kappa shape index (κ2) is 10.6. The third kappa shape index (κ3) is 5.54. The van der Waals surface area contributed by atoms with Gasteiger partial charge in [0.05, 0.1) is 19.1 Å². The van der Waals surface area contributed by atoms with Crippen molar-refractivity contribution >= 4 is 17.7 Å². The minimum Gasteiger partial charge on any atom is -0.379 e. The van der Waals surface area contributed by atoms with E-state index in [4.69, 9.17) is 9.72 Å². The van der Waals surface area contributed by atoms with Gasteiger partial charge in [0, 0.05) is 58.6 Å². The first-order valence-electron chi connectivity index (χ1n) is 10.6. The van der Waals surface area contributed by atoms with Crippen LogP contribution in [0.25, 0.3) is 0 Å². The number of nitrogens with zero attached hydrogens (tertiary/aromatic N) is 5. The Bertz CT molecular complexity index is 618. The quantitative estimate of drug-likeness (QED) is 0.717. The summed E-state index contributed by atoms with van der Waals surface area (Å²) in [6, 6.07) is 1.91. The molecule has 156 valence electrons. The molecule has 3 heterocycles. The predicted octanol–water partition coefficient (Wildman–Crippen LogP) is 1.31. The van der Waals surface area contributed by atoms with E-state index >= 15 is 0 Å². The molecule has 8 heteroatoms. The van der Waals surface area contributed by atoms with E-state index in [0.29, 0.717) is 12.5 Å². The van der Waals surface area contributed by atoms with Gasteiger partial charge in [-0.1, -0.05) is 0 Å². The fourth-order valence-electron chi connectivity index (χ4n) is 3.92. The molecule has 1 aromatic rings. The fraction of sp³-hybridized carbons (Fsp3) is 0.750. The minimum absolute atomic E-state index is 0.0372. The Balaban J connectivity index is 1.54.